The van der Waals surface area contributed by atoms with Crippen LogP contribution in [-0.4, -0.2) is 26.2 Å². The molecule has 1 heterocycles. The highest BCUT2D eigenvalue weighted by Gasteiger charge is 2.32. The van der Waals surface area contributed by atoms with Crippen molar-refractivity contribution >= 4 is 34.8 Å². The fourth-order valence-electron chi connectivity index (χ4n) is 2.85. The van der Waals surface area contributed by atoms with Gasteiger partial charge in [0.1, 0.15) is 17.5 Å². The SMILES string of the molecule is COc1ccc(C2CC(C(=O)Nc3cc(Cl)ccc3Cl)NN2)c(OC)c1. The molecule has 0 saturated carbocycles. The first-order valence-electron chi connectivity index (χ1n) is 8.00. The van der Waals surface area contributed by atoms with Gasteiger partial charge in [0.15, 0.2) is 0 Å². The predicted molar refractivity (Wildman–Crippen MR) is 102 cm³/mol. The van der Waals surface area contributed by atoms with Crippen LogP contribution in [0.2, 0.25) is 10.0 Å². The van der Waals surface area contributed by atoms with E-state index in [2.05, 4.69) is 16.2 Å². The fourth-order valence-corrected chi connectivity index (χ4v) is 3.19. The van der Waals surface area contributed by atoms with Crippen LogP contribution in [0.4, 0.5) is 5.69 Å². The fraction of sp³-hybridized carbons (Fsp3) is 0.278. The number of carbonyl (C=O) groups is 1. The number of rotatable bonds is 5. The number of hydrogen-bond acceptors (Lipinski definition) is 5. The average Bonchev–Trinajstić information content (AvgIpc) is 3.14. The number of methoxy groups -OCH3 is 2. The molecule has 26 heavy (non-hydrogen) atoms. The molecule has 0 radical (unpaired) electrons. The van der Waals surface area contributed by atoms with E-state index >= 15 is 0 Å². The van der Waals surface area contributed by atoms with Gasteiger partial charge in [0, 0.05) is 16.7 Å². The molecule has 3 N–H and O–H groups in total. The quantitative estimate of drug-likeness (QED) is 0.721. The highest BCUT2D eigenvalue weighted by molar-refractivity contribution is 6.35. The lowest BCUT2D eigenvalue weighted by molar-refractivity contribution is -0.117. The Labute approximate surface area is 161 Å². The lowest BCUT2D eigenvalue weighted by Gasteiger charge is -2.15. The van der Waals surface area contributed by atoms with E-state index in [0.717, 1.165) is 5.56 Å². The largest absolute Gasteiger partial charge is 0.497 e. The van der Waals surface area contributed by atoms with Gasteiger partial charge in [-0.3, -0.25) is 4.79 Å². The smallest absolute Gasteiger partial charge is 0.242 e. The molecule has 2 aromatic carbocycles. The van der Waals surface area contributed by atoms with Crippen LogP contribution in [0.25, 0.3) is 0 Å². The van der Waals surface area contributed by atoms with Crippen molar-refractivity contribution < 1.29 is 14.3 Å². The molecule has 2 unspecified atom stereocenters. The Kier molecular flexibility index (Phi) is 5.88. The first kappa shape index (κ1) is 18.8. The van der Waals surface area contributed by atoms with Crippen LogP contribution in [0.3, 0.4) is 0 Å². The van der Waals surface area contributed by atoms with Crippen LogP contribution >= 0.6 is 23.2 Å². The maximum atomic E-state index is 12.5. The molecule has 1 saturated heterocycles. The maximum absolute atomic E-state index is 12.5. The second-order valence-electron chi connectivity index (χ2n) is 5.85. The van der Waals surface area contributed by atoms with E-state index in [0.29, 0.717) is 33.7 Å². The van der Waals surface area contributed by atoms with Crippen molar-refractivity contribution in [2.45, 2.75) is 18.5 Å². The minimum Gasteiger partial charge on any atom is -0.497 e. The van der Waals surface area contributed by atoms with Crippen molar-refractivity contribution in [2.75, 3.05) is 19.5 Å². The topological polar surface area (TPSA) is 71.6 Å². The third-order valence-corrected chi connectivity index (χ3v) is 4.79. The summed E-state index contributed by atoms with van der Waals surface area (Å²) in [7, 11) is 3.21. The summed E-state index contributed by atoms with van der Waals surface area (Å²) in [6.07, 6.45) is 0.548. The first-order valence-corrected chi connectivity index (χ1v) is 8.76. The van der Waals surface area contributed by atoms with Gasteiger partial charge in [-0.25, -0.2) is 10.9 Å². The molecule has 1 fully saturated rings. The zero-order valence-corrected chi connectivity index (χ0v) is 15.8. The number of nitrogens with one attached hydrogen (secondary N) is 3. The molecular weight excluding hydrogens is 377 g/mol. The number of benzene rings is 2. The molecule has 2 aromatic rings. The van der Waals surface area contributed by atoms with Crippen molar-refractivity contribution in [2.24, 2.45) is 0 Å². The molecule has 8 heteroatoms. The van der Waals surface area contributed by atoms with E-state index in [9.17, 15) is 4.79 Å². The summed E-state index contributed by atoms with van der Waals surface area (Å²) in [5.41, 5.74) is 7.58. The molecule has 0 spiro atoms. The Bertz CT molecular complexity index is 816. The van der Waals surface area contributed by atoms with E-state index in [1.807, 2.05) is 18.2 Å². The monoisotopic (exact) mass is 395 g/mol. The van der Waals surface area contributed by atoms with Crippen molar-refractivity contribution in [3.05, 3.63) is 52.0 Å². The number of hydrogen-bond donors (Lipinski definition) is 3. The number of hydrazine groups is 1. The number of anilines is 1. The first-order chi connectivity index (χ1) is 12.5. The number of amides is 1. The van der Waals surface area contributed by atoms with Crippen molar-refractivity contribution in [1.82, 2.24) is 10.9 Å². The van der Waals surface area contributed by atoms with Crippen LogP contribution in [0.5, 0.6) is 11.5 Å². The second-order valence-corrected chi connectivity index (χ2v) is 6.69. The van der Waals surface area contributed by atoms with Gasteiger partial charge in [-0.05, 0) is 30.7 Å². The summed E-state index contributed by atoms with van der Waals surface area (Å²) in [5.74, 6) is 1.21. The van der Waals surface area contributed by atoms with Gasteiger partial charge in [-0.2, -0.15) is 0 Å². The predicted octanol–water partition coefficient (Wildman–Crippen LogP) is 3.56. The minimum absolute atomic E-state index is 0.0820. The summed E-state index contributed by atoms with van der Waals surface area (Å²) in [6.45, 7) is 0. The molecule has 1 aliphatic heterocycles. The summed E-state index contributed by atoms with van der Waals surface area (Å²) < 4.78 is 10.7. The van der Waals surface area contributed by atoms with Crippen molar-refractivity contribution in [1.29, 1.82) is 0 Å². The summed E-state index contributed by atoms with van der Waals surface area (Å²) in [6, 6.07) is 10.0. The molecule has 0 aliphatic carbocycles. The zero-order chi connectivity index (χ0) is 18.7. The molecule has 2 atom stereocenters. The Balaban J connectivity index is 1.70. The lowest BCUT2D eigenvalue weighted by atomic mass is 10.0. The van der Waals surface area contributed by atoms with E-state index in [1.165, 1.54) is 0 Å². The second kappa shape index (κ2) is 8.14. The molecule has 3 rings (SSSR count). The van der Waals surface area contributed by atoms with Gasteiger partial charge in [-0.1, -0.05) is 29.3 Å². The average molecular weight is 396 g/mol. The molecule has 0 aromatic heterocycles. The number of carbonyl (C=O) groups excluding carboxylic acids is 1. The highest BCUT2D eigenvalue weighted by Crippen LogP contribution is 2.33. The molecule has 6 nitrogen and oxygen atoms in total. The molecular formula is C18H19Cl2N3O3. The Hall–Kier alpha value is -1.99. The summed E-state index contributed by atoms with van der Waals surface area (Å²) in [4.78, 5) is 12.5. The van der Waals surface area contributed by atoms with Gasteiger partial charge in [0.25, 0.3) is 0 Å². The Morgan fingerprint density at radius 1 is 1.12 bits per heavy atom. The van der Waals surface area contributed by atoms with E-state index in [-0.39, 0.29) is 11.9 Å². The Morgan fingerprint density at radius 2 is 1.92 bits per heavy atom. The standard InChI is InChI=1S/C18H19Cl2N3O3/c1-25-11-4-5-12(17(8-11)26-2)14-9-16(23-22-14)18(24)21-15-7-10(19)3-6-13(15)20/h3-8,14,16,22-23H,9H2,1-2H3,(H,21,24). The molecule has 1 aliphatic rings. The van der Waals surface area contributed by atoms with Crippen molar-refractivity contribution in [3.63, 3.8) is 0 Å². The van der Waals surface area contributed by atoms with Crippen LogP contribution in [-0.2, 0) is 4.79 Å². The molecule has 138 valence electrons. The van der Waals surface area contributed by atoms with Crippen LogP contribution in [0.1, 0.15) is 18.0 Å². The van der Waals surface area contributed by atoms with Crippen LogP contribution in [0, 0.1) is 0 Å². The van der Waals surface area contributed by atoms with Gasteiger partial charge in [0.2, 0.25) is 5.91 Å². The molecule has 1 amide bonds. The van der Waals surface area contributed by atoms with E-state index < -0.39 is 6.04 Å². The van der Waals surface area contributed by atoms with Crippen LogP contribution < -0.4 is 25.6 Å². The van der Waals surface area contributed by atoms with Crippen LogP contribution in [0.15, 0.2) is 36.4 Å². The van der Waals surface area contributed by atoms with Gasteiger partial charge in [-0.15, -0.1) is 0 Å². The van der Waals surface area contributed by atoms with E-state index in [1.54, 1.807) is 32.4 Å². The Morgan fingerprint density at radius 3 is 2.65 bits per heavy atom. The van der Waals surface area contributed by atoms with Gasteiger partial charge < -0.3 is 14.8 Å². The van der Waals surface area contributed by atoms with E-state index in [4.69, 9.17) is 32.7 Å². The maximum Gasteiger partial charge on any atom is 0.242 e. The normalized spacial score (nSPS) is 19.2. The molecule has 0 bridgehead atoms. The third-order valence-electron chi connectivity index (χ3n) is 4.22. The number of halogens is 2. The minimum atomic E-state index is -0.429. The zero-order valence-electron chi connectivity index (χ0n) is 14.3. The highest BCUT2D eigenvalue weighted by atomic mass is 35.5. The van der Waals surface area contributed by atoms with Gasteiger partial charge >= 0.3 is 0 Å². The lowest BCUT2D eigenvalue weighted by Crippen LogP contribution is -2.39. The third kappa shape index (κ3) is 4.04. The number of ether oxygens (including phenoxy) is 2. The van der Waals surface area contributed by atoms with Crippen molar-refractivity contribution in [3.8, 4) is 11.5 Å². The summed E-state index contributed by atoms with van der Waals surface area (Å²) in [5, 5.41) is 3.74. The summed E-state index contributed by atoms with van der Waals surface area (Å²) >= 11 is 12.1. The van der Waals surface area contributed by atoms with Gasteiger partial charge in [0.05, 0.1) is 31.0 Å².